The van der Waals surface area contributed by atoms with Crippen LogP contribution in [0.1, 0.15) is 51.0 Å². The molecule has 0 bridgehead atoms. The zero-order valence-corrected chi connectivity index (χ0v) is 9.90. The van der Waals surface area contributed by atoms with Crippen LogP contribution in [0.15, 0.2) is 4.42 Å². The van der Waals surface area contributed by atoms with Crippen molar-refractivity contribution in [3.63, 3.8) is 0 Å². The van der Waals surface area contributed by atoms with Gasteiger partial charge in [-0.25, -0.2) is 0 Å². The van der Waals surface area contributed by atoms with Gasteiger partial charge in [-0.15, -0.1) is 10.2 Å². The molecule has 0 saturated carbocycles. The van der Waals surface area contributed by atoms with Gasteiger partial charge in [-0.05, 0) is 19.3 Å². The Morgan fingerprint density at radius 1 is 1.38 bits per heavy atom. The Bertz CT molecular complexity index is 319. The van der Waals surface area contributed by atoms with Gasteiger partial charge in [-0.3, -0.25) is 0 Å². The Kier molecular flexibility index (Phi) is 3.90. The molecular weight excluding hydrogens is 206 g/mol. The van der Waals surface area contributed by atoms with Crippen LogP contribution in [-0.2, 0) is 11.3 Å². The number of nitrogens with zero attached hydrogens (tertiary/aromatic N) is 2. The van der Waals surface area contributed by atoms with Gasteiger partial charge < -0.3 is 14.5 Å². The minimum atomic E-state index is 0.00838. The molecule has 0 radical (unpaired) electrons. The number of ether oxygens (including phenoxy) is 1. The standard InChI is InChI=1S/C11H19N3O2/c1-8(2)12-7-10-13-14-11(16-10)9-5-3-4-6-15-9/h8-9,12H,3-7H2,1-2H3. The first-order valence-corrected chi connectivity index (χ1v) is 5.93. The molecule has 1 aliphatic rings. The zero-order chi connectivity index (χ0) is 11.4. The van der Waals surface area contributed by atoms with E-state index >= 15 is 0 Å². The largest absolute Gasteiger partial charge is 0.421 e. The summed E-state index contributed by atoms with van der Waals surface area (Å²) in [5, 5.41) is 11.3. The van der Waals surface area contributed by atoms with E-state index in [1.54, 1.807) is 0 Å². The van der Waals surface area contributed by atoms with Crippen molar-refractivity contribution in [2.24, 2.45) is 0 Å². The van der Waals surface area contributed by atoms with E-state index in [1.165, 1.54) is 6.42 Å². The fraction of sp³-hybridized carbons (Fsp3) is 0.818. The maximum atomic E-state index is 5.59. The molecule has 1 fully saturated rings. The third-order valence-corrected chi connectivity index (χ3v) is 2.60. The van der Waals surface area contributed by atoms with E-state index < -0.39 is 0 Å². The van der Waals surface area contributed by atoms with E-state index in [0.29, 0.717) is 24.4 Å². The molecule has 5 nitrogen and oxygen atoms in total. The molecule has 1 aromatic heterocycles. The third kappa shape index (κ3) is 3.02. The Morgan fingerprint density at radius 2 is 2.25 bits per heavy atom. The molecule has 1 unspecified atom stereocenters. The molecule has 16 heavy (non-hydrogen) atoms. The van der Waals surface area contributed by atoms with Crippen molar-refractivity contribution >= 4 is 0 Å². The average Bonchev–Trinajstić information content (AvgIpc) is 2.76. The zero-order valence-electron chi connectivity index (χ0n) is 9.90. The maximum absolute atomic E-state index is 5.59. The van der Waals surface area contributed by atoms with Crippen molar-refractivity contribution in [3.05, 3.63) is 11.8 Å². The maximum Gasteiger partial charge on any atom is 0.245 e. The Labute approximate surface area is 95.6 Å². The lowest BCUT2D eigenvalue weighted by molar-refractivity contribution is -0.00216. The van der Waals surface area contributed by atoms with Crippen molar-refractivity contribution in [2.75, 3.05) is 6.61 Å². The van der Waals surface area contributed by atoms with Crippen LogP contribution in [0.5, 0.6) is 0 Å². The first-order chi connectivity index (χ1) is 7.75. The summed E-state index contributed by atoms with van der Waals surface area (Å²) in [5.41, 5.74) is 0. The van der Waals surface area contributed by atoms with Crippen molar-refractivity contribution in [2.45, 2.75) is 51.8 Å². The molecule has 1 aromatic rings. The van der Waals surface area contributed by atoms with Crippen LogP contribution >= 0.6 is 0 Å². The molecule has 1 saturated heterocycles. The number of hydrogen-bond donors (Lipinski definition) is 1. The quantitative estimate of drug-likeness (QED) is 0.846. The van der Waals surface area contributed by atoms with Gasteiger partial charge >= 0.3 is 0 Å². The van der Waals surface area contributed by atoms with Gasteiger partial charge in [0.1, 0.15) is 6.10 Å². The van der Waals surface area contributed by atoms with Crippen LogP contribution in [0.4, 0.5) is 0 Å². The topological polar surface area (TPSA) is 60.2 Å². The summed E-state index contributed by atoms with van der Waals surface area (Å²) >= 11 is 0. The van der Waals surface area contributed by atoms with Crippen LogP contribution < -0.4 is 5.32 Å². The van der Waals surface area contributed by atoms with Gasteiger partial charge in [0.2, 0.25) is 11.8 Å². The Hall–Kier alpha value is -0.940. The molecule has 1 N–H and O–H groups in total. The molecule has 0 aromatic carbocycles. The number of rotatable bonds is 4. The second kappa shape index (κ2) is 5.41. The Morgan fingerprint density at radius 3 is 2.94 bits per heavy atom. The van der Waals surface area contributed by atoms with Crippen LogP contribution in [0.2, 0.25) is 0 Å². The molecule has 0 spiro atoms. The van der Waals surface area contributed by atoms with Crippen LogP contribution in [0.25, 0.3) is 0 Å². The Balaban J connectivity index is 1.90. The first kappa shape index (κ1) is 11.5. The van der Waals surface area contributed by atoms with Crippen molar-refractivity contribution in [3.8, 4) is 0 Å². The minimum absolute atomic E-state index is 0.00838. The molecule has 90 valence electrons. The van der Waals surface area contributed by atoms with Gasteiger partial charge in [0, 0.05) is 12.6 Å². The van der Waals surface area contributed by atoms with E-state index in [2.05, 4.69) is 29.4 Å². The summed E-state index contributed by atoms with van der Waals surface area (Å²) < 4.78 is 11.2. The first-order valence-electron chi connectivity index (χ1n) is 5.93. The van der Waals surface area contributed by atoms with Crippen LogP contribution in [0.3, 0.4) is 0 Å². The lowest BCUT2D eigenvalue weighted by atomic mass is 10.1. The fourth-order valence-corrected chi connectivity index (χ4v) is 1.70. The lowest BCUT2D eigenvalue weighted by Gasteiger charge is -2.18. The van der Waals surface area contributed by atoms with Crippen LogP contribution in [0, 0.1) is 0 Å². The molecule has 2 heterocycles. The summed E-state index contributed by atoms with van der Waals surface area (Å²) in [6.07, 6.45) is 3.30. The molecule has 2 rings (SSSR count). The van der Waals surface area contributed by atoms with E-state index in [9.17, 15) is 0 Å². The van der Waals surface area contributed by atoms with E-state index in [0.717, 1.165) is 19.4 Å². The summed E-state index contributed by atoms with van der Waals surface area (Å²) in [7, 11) is 0. The normalized spacial score (nSPS) is 21.6. The van der Waals surface area contributed by atoms with Gasteiger partial charge in [-0.1, -0.05) is 13.8 Å². The monoisotopic (exact) mass is 225 g/mol. The van der Waals surface area contributed by atoms with Gasteiger partial charge in [0.15, 0.2) is 0 Å². The van der Waals surface area contributed by atoms with E-state index in [1.807, 2.05) is 0 Å². The number of aromatic nitrogens is 2. The van der Waals surface area contributed by atoms with Crippen molar-refractivity contribution in [1.82, 2.24) is 15.5 Å². The number of nitrogens with one attached hydrogen (secondary N) is 1. The molecule has 0 aliphatic carbocycles. The molecule has 5 heteroatoms. The highest BCUT2D eigenvalue weighted by atomic mass is 16.5. The molecule has 1 atom stereocenters. The fourth-order valence-electron chi connectivity index (χ4n) is 1.70. The smallest absolute Gasteiger partial charge is 0.245 e. The lowest BCUT2D eigenvalue weighted by Crippen LogP contribution is -2.21. The number of hydrogen-bond acceptors (Lipinski definition) is 5. The second-order valence-electron chi connectivity index (χ2n) is 4.42. The van der Waals surface area contributed by atoms with Crippen LogP contribution in [-0.4, -0.2) is 22.8 Å². The molecular formula is C11H19N3O2. The highest BCUT2D eigenvalue weighted by molar-refractivity contribution is 4.88. The summed E-state index contributed by atoms with van der Waals surface area (Å²) in [6, 6.07) is 0.418. The van der Waals surface area contributed by atoms with E-state index in [-0.39, 0.29) is 6.10 Å². The highest BCUT2D eigenvalue weighted by Crippen LogP contribution is 2.26. The summed E-state index contributed by atoms with van der Waals surface area (Å²) in [4.78, 5) is 0. The predicted molar refractivity (Wildman–Crippen MR) is 58.8 cm³/mol. The molecule has 0 amide bonds. The van der Waals surface area contributed by atoms with Crippen molar-refractivity contribution in [1.29, 1.82) is 0 Å². The van der Waals surface area contributed by atoms with Gasteiger partial charge in [-0.2, -0.15) is 0 Å². The average molecular weight is 225 g/mol. The highest BCUT2D eigenvalue weighted by Gasteiger charge is 2.21. The van der Waals surface area contributed by atoms with Crippen molar-refractivity contribution < 1.29 is 9.15 Å². The summed E-state index contributed by atoms with van der Waals surface area (Å²) in [6.45, 7) is 5.59. The minimum Gasteiger partial charge on any atom is -0.421 e. The van der Waals surface area contributed by atoms with E-state index in [4.69, 9.17) is 9.15 Å². The van der Waals surface area contributed by atoms with Gasteiger partial charge in [0.05, 0.1) is 6.54 Å². The second-order valence-corrected chi connectivity index (χ2v) is 4.42. The molecule has 1 aliphatic heterocycles. The SMILES string of the molecule is CC(C)NCc1nnc(C2CCCCO2)o1. The van der Waals surface area contributed by atoms with Gasteiger partial charge in [0.25, 0.3) is 0 Å². The third-order valence-electron chi connectivity index (χ3n) is 2.60. The summed E-state index contributed by atoms with van der Waals surface area (Å²) in [5.74, 6) is 1.26. The predicted octanol–water partition coefficient (Wildman–Crippen LogP) is 1.81.